The van der Waals surface area contributed by atoms with Crippen LogP contribution in [0.25, 0.3) is 11.1 Å². The molecule has 128 valence electrons. The number of nitrogens with one attached hydrogen (secondary N) is 1. The van der Waals surface area contributed by atoms with E-state index in [1.807, 2.05) is 12.1 Å². The first-order valence-corrected chi connectivity index (χ1v) is 7.57. The minimum atomic E-state index is -0.596. The van der Waals surface area contributed by atoms with Crippen molar-refractivity contribution in [3.05, 3.63) is 47.5 Å². The normalized spacial score (nSPS) is 10.4. The van der Waals surface area contributed by atoms with Gasteiger partial charge in [-0.2, -0.15) is 4.98 Å². The number of rotatable bonds is 5. The number of fused-ring (bicyclic) bond motifs is 1. The Labute approximate surface area is 147 Å². The summed E-state index contributed by atoms with van der Waals surface area (Å²) in [5, 5.41) is 3.53. The number of carbonyl (C=O) groups excluding carboxylic acids is 1. The zero-order valence-electron chi connectivity index (χ0n) is 12.9. The van der Waals surface area contributed by atoms with Crippen LogP contribution in [0.1, 0.15) is 0 Å². The topological polar surface area (TPSA) is 129 Å². The summed E-state index contributed by atoms with van der Waals surface area (Å²) in [6, 6.07) is 12.3. The van der Waals surface area contributed by atoms with Crippen LogP contribution in [0.3, 0.4) is 0 Å². The van der Waals surface area contributed by atoms with E-state index in [2.05, 4.69) is 15.3 Å². The fourth-order valence-corrected chi connectivity index (χ4v) is 2.20. The average Bonchev–Trinajstić information content (AvgIpc) is 2.97. The van der Waals surface area contributed by atoms with E-state index < -0.39 is 5.97 Å². The van der Waals surface area contributed by atoms with Crippen LogP contribution < -0.4 is 21.5 Å². The predicted molar refractivity (Wildman–Crippen MR) is 95.1 cm³/mol. The zero-order chi connectivity index (χ0) is 17.8. The maximum atomic E-state index is 11.6. The first-order valence-electron chi connectivity index (χ1n) is 7.19. The van der Waals surface area contributed by atoms with Gasteiger partial charge in [0.05, 0.1) is 10.7 Å². The minimum absolute atomic E-state index is 0.182. The summed E-state index contributed by atoms with van der Waals surface area (Å²) in [4.78, 5) is 19.5. The van der Waals surface area contributed by atoms with Gasteiger partial charge >= 0.3 is 5.97 Å². The summed E-state index contributed by atoms with van der Waals surface area (Å²) >= 11 is 6.09. The highest BCUT2D eigenvalue weighted by Gasteiger charge is 2.10. The maximum Gasteiger partial charge on any atom is 0.333 e. The molecule has 0 radical (unpaired) electrons. The summed E-state index contributed by atoms with van der Waals surface area (Å²) in [6.07, 6.45) is 0. The van der Waals surface area contributed by atoms with Gasteiger partial charge in [0.1, 0.15) is 17.8 Å². The van der Waals surface area contributed by atoms with Gasteiger partial charge < -0.3 is 25.9 Å². The predicted octanol–water partition coefficient (Wildman–Crippen LogP) is 2.40. The number of nitrogens with two attached hydrogens (primary N) is 2. The molecule has 8 nitrogen and oxygen atoms in total. The molecular weight excluding hydrogens is 346 g/mol. The molecule has 0 fully saturated rings. The van der Waals surface area contributed by atoms with Crippen molar-refractivity contribution in [2.75, 3.05) is 11.9 Å². The number of anilines is 2. The van der Waals surface area contributed by atoms with Crippen LogP contribution in [-0.2, 0) is 4.79 Å². The van der Waals surface area contributed by atoms with Crippen molar-refractivity contribution >= 4 is 46.3 Å². The molecule has 25 heavy (non-hydrogen) atoms. The van der Waals surface area contributed by atoms with Crippen molar-refractivity contribution in [1.29, 1.82) is 0 Å². The Morgan fingerprint density at radius 3 is 2.84 bits per heavy atom. The molecule has 0 bridgehead atoms. The van der Waals surface area contributed by atoms with Gasteiger partial charge in [-0.05, 0) is 24.3 Å². The smallest absolute Gasteiger partial charge is 0.333 e. The van der Waals surface area contributed by atoms with Crippen LogP contribution in [0.2, 0.25) is 5.02 Å². The highest BCUT2D eigenvalue weighted by Crippen LogP contribution is 2.28. The first kappa shape index (κ1) is 16.6. The second kappa shape index (κ2) is 7.10. The number of hydrogen-bond donors (Lipinski definition) is 3. The minimum Gasteiger partial charge on any atom is -0.425 e. The molecule has 5 N–H and O–H groups in total. The van der Waals surface area contributed by atoms with Gasteiger partial charge in [-0.3, -0.25) is 0 Å². The number of guanidine groups is 1. The molecule has 0 saturated carbocycles. The van der Waals surface area contributed by atoms with Crippen molar-refractivity contribution in [3.8, 4) is 5.75 Å². The summed E-state index contributed by atoms with van der Waals surface area (Å²) in [5.74, 6) is -0.483. The van der Waals surface area contributed by atoms with E-state index in [0.717, 1.165) is 0 Å². The molecule has 3 aromatic rings. The van der Waals surface area contributed by atoms with Crippen LogP contribution in [-0.4, -0.2) is 23.5 Å². The number of ether oxygens (including phenoxy) is 1. The van der Waals surface area contributed by atoms with E-state index in [-0.39, 0.29) is 18.5 Å². The number of esters is 1. The molecule has 0 atom stereocenters. The molecule has 0 saturated heterocycles. The number of para-hydroxylation sites is 1. The second-order valence-corrected chi connectivity index (χ2v) is 5.38. The summed E-state index contributed by atoms with van der Waals surface area (Å²) in [7, 11) is 0. The van der Waals surface area contributed by atoms with Gasteiger partial charge in [0, 0.05) is 6.07 Å². The number of halogens is 1. The van der Waals surface area contributed by atoms with E-state index in [1.54, 1.807) is 30.3 Å². The van der Waals surface area contributed by atoms with Gasteiger partial charge in [-0.15, -0.1) is 0 Å². The quantitative estimate of drug-likeness (QED) is 0.276. The van der Waals surface area contributed by atoms with Crippen LogP contribution in [0.15, 0.2) is 51.9 Å². The van der Waals surface area contributed by atoms with Crippen LogP contribution >= 0.6 is 11.6 Å². The Balaban J connectivity index is 1.76. The fourth-order valence-electron chi connectivity index (χ4n) is 2.02. The first-order chi connectivity index (χ1) is 12.0. The molecule has 0 amide bonds. The molecule has 2 aromatic carbocycles. The van der Waals surface area contributed by atoms with Crippen molar-refractivity contribution in [2.24, 2.45) is 16.5 Å². The van der Waals surface area contributed by atoms with Crippen LogP contribution in [0.4, 0.5) is 11.7 Å². The van der Waals surface area contributed by atoms with Crippen LogP contribution in [0, 0.1) is 0 Å². The van der Waals surface area contributed by atoms with E-state index in [0.29, 0.717) is 27.6 Å². The van der Waals surface area contributed by atoms with Gasteiger partial charge in [-0.1, -0.05) is 23.7 Å². The zero-order valence-corrected chi connectivity index (χ0v) is 13.7. The Hall–Kier alpha value is -3.26. The third kappa shape index (κ3) is 4.18. The molecule has 0 spiro atoms. The largest absolute Gasteiger partial charge is 0.425 e. The van der Waals surface area contributed by atoms with Gasteiger partial charge in [0.2, 0.25) is 0 Å². The highest BCUT2D eigenvalue weighted by molar-refractivity contribution is 6.33. The Bertz CT molecular complexity index is 950. The van der Waals surface area contributed by atoms with Crippen molar-refractivity contribution in [2.45, 2.75) is 0 Å². The molecular formula is C16H14ClN5O3. The number of benzene rings is 2. The van der Waals surface area contributed by atoms with Gasteiger partial charge in [-0.25, -0.2) is 9.79 Å². The second-order valence-electron chi connectivity index (χ2n) is 4.97. The van der Waals surface area contributed by atoms with E-state index in [4.69, 9.17) is 32.2 Å². The molecule has 0 aliphatic carbocycles. The molecule has 0 unspecified atom stereocenters. The number of hydrogen-bond acceptors (Lipinski definition) is 6. The van der Waals surface area contributed by atoms with E-state index >= 15 is 0 Å². The molecule has 1 aromatic heterocycles. The number of aliphatic imine (C=N–C) groups is 1. The lowest BCUT2D eigenvalue weighted by Crippen LogP contribution is -2.25. The van der Waals surface area contributed by atoms with E-state index in [9.17, 15) is 4.79 Å². The van der Waals surface area contributed by atoms with Crippen molar-refractivity contribution in [3.63, 3.8) is 0 Å². The SMILES string of the molecule is NC(N)=NCC(=O)Oc1ccc2nc(Nc3ccccc3Cl)oc2c1. The summed E-state index contributed by atoms with van der Waals surface area (Å²) in [5.41, 5.74) is 12.0. The molecule has 0 aliphatic rings. The molecule has 9 heteroatoms. The number of carbonyl (C=O) groups is 1. The van der Waals surface area contributed by atoms with Crippen molar-refractivity contribution in [1.82, 2.24) is 4.98 Å². The Morgan fingerprint density at radius 2 is 2.08 bits per heavy atom. The summed E-state index contributed by atoms with van der Waals surface area (Å²) < 4.78 is 10.7. The van der Waals surface area contributed by atoms with Gasteiger partial charge in [0.25, 0.3) is 6.01 Å². The molecule has 0 aliphatic heterocycles. The molecule has 1 heterocycles. The van der Waals surface area contributed by atoms with E-state index in [1.165, 1.54) is 0 Å². The van der Waals surface area contributed by atoms with Crippen molar-refractivity contribution < 1.29 is 13.9 Å². The third-order valence-corrected chi connectivity index (χ3v) is 3.43. The molecule has 3 rings (SSSR count). The fraction of sp³-hybridized carbons (Fsp3) is 0.0625. The third-order valence-electron chi connectivity index (χ3n) is 3.10. The lowest BCUT2D eigenvalue weighted by molar-refractivity contribution is -0.132. The number of nitrogens with zero attached hydrogens (tertiary/aromatic N) is 2. The van der Waals surface area contributed by atoms with Crippen LogP contribution in [0.5, 0.6) is 5.75 Å². The average molecular weight is 360 g/mol. The Kier molecular flexibility index (Phi) is 4.71. The maximum absolute atomic E-state index is 11.6. The van der Waals surface area contributed by atoms with Gasteiger partial charge in [0.15, 0.2) is 11.5 Å². The standard InChI is InChI=1S/C16H14ClN5O3/c17-10-3-1-2-4-11(10)21-16-22-12-6-5-9(7-13(12)25-16)24-14(23)8-20-15(18)19/h1-7H,8H2,(H,21,22)(H4,18,19,20). The monoisotopic (exact) mass is 359 g/mol. The highest BCUT2D eigenvalue weighted by atomic mass is 35.5. The lowest BCUT2D eigenvalue weighted by atomic mass is 10.3. The Morgan fingerprint density at radius 1 is 1.28 bits per heavy atom. The number of oxazole rings is 1. The lowest BCUT2D eigenvalue weighted by Gasteiger charge is -2.02. The summed E-state index contributed by atoms with van der Waals surface area (Å²) in [6.45, 7) is -0.268. The number of aromatic nitrogens is 1.